The van der Waals surface area contributed by atoms with Crippen LogP contribution < -0.4 is 10.2 Å². The highest BCUT2D eigenvalue weighted by Gasteiger charge is 2.43. The van der Waals surface area contributed by atoms with Crippen LogP contribution in [0.3, 0.4) is 0 Å². The van der Waals surface area contributed by atoms with Gasteiger partial charge >= 0.3 is 0 Å². The molecule has 3 heteroatoms. The van der Waals surface area contributed by atoms with Gasteiger partial charge in [-0.15, -0.1) is 0 Å². The topological polar surface area (TPSA) is 15.3 Å². The average molecular weight is 279 g/mol. The lowest BCUT2D eigenvalue weighted by atomic mass is 9.95. The van der Waals surface area contributed by atoms with Crippen LogP contribution in [0.2, 0.25) is 5.02 Å². The van der Waals surface area contributed by atoms with E-state index in [1.165, 1.54) is 30.5 Å². The lowest BCUT2D eigenvalue weighted by molar-refractivity contribution is 0.331. The van der Waals surface area contributed by atoms with Crippen molar-refractivity contribution in [3.8, 4) is 0 Å². The molecule has 1 aromatic carbocycles. The van der Waals surface area contributed by atoms with Gasteiger partial charge in [-0.3, -0.25) is 0 Å². The SMILES string of the molecule is Cc1ccc(Cl)c(N2CCCNC(C)(C3CC3)C2)c1. The fraction of sp³-hybridized carbons (Fsp3) is 0.625. The van der Waals surface area contributed by atoms with Gasteiger partial charge in [-0.25, -0.2) is 0 Å². The molecule has 0 radical (unpaired) electrons. The van der Waals surface area contributed by atoms with Gasteiger partial charge in [0.05, 0.1) is 10.7 Å². The highest BCUT2D eigenvalue weighted by Crippen LogP contribution is 2.41. The van der Waals surface area contributed by atoms with Crippen LogP contribution >= 0.6 is 11.6 Å². The molecule has 1 saturated carbocycles. The maximum absolute atomic E-state index is 6.41. The second kappa shape index (κ2) is 4.99. The second-order valence-corrected chi connectivity index (χ2v) is 6.76. The molecule has 2 fully saturated rings. The van der Waals surface area contributed by atoms with Crippen LogP contribution in [0.1, 0.15) is 31.7 Å². The van der Waals surface area contributed by atoms with Crippen molar-refractivity contribution in [2.75, 3.05) is 24.5 Å². The van der Waals surface area contributed by atoms with Gasteiger partial charge in [-0.05, 0) is 63.3 Å². The van der Waals surface area contributed by atoms with Crippen molar-refractivity contribution in [1.29, 1.82) is 0 Å². The molecule has 104 valence electrons. The molecule has 0 aromatic heterocycles. The van der Waals surface area contributed by atoms with Gasteiger partial charge in [0.2, 0.25) is 0 Å². The molecule has 1 unspecified atom stereocenters. The molecule has 3 rings (SSSR count). The smallest absolute Gasteiger partial charge is 0.0639 e. The second-order valence-electron chi connectivity index (χ2n) is 6.35. The molecule has 19 heavy (non-hydrogen) atoms. The zero-order valence-corrected chi connectivity index (χ0v) is 12.6. The third-order valence-electron chi connectivity index (χ3n) is 4.57. The Balaban J connectivity index is 1.88. The van der Waals surface area contributed by atoms with Gasteiger partial charge < -0.3 is 10.2 Å². The number of hydrogen-bond donors (Lipinski definition) is 1. The number of halogens is 1. The van der Waals surface area contributed by atoms with Crippen LogP contribution in [0.15, 0.2) is 18.2 Å². The minimum absolute atomic E-state index is 0.254. The molecule has 1 atom stereocenters. The van der Waals surface area contributed by atoms with Gasteiger partial charge in [-0.2, -0.15) is 0 Å². The van der Waals surface area contributed by atoms with Crippen molar-refractivity contribution < 1.29 is 0 Å². The summed E-state index contributed by atoms with van der Waals surface area (Å²) < 4.78 is 0. The molecule has 1 heterocycles. The van der Waals surface area contributed by atoms with E-state index in [1.54, 1.807) is 0 Å². The molecule has 2 aliphatic rings. The van der Waals surface area contributed by atoms with Crippen LogP contribution in [0.25, 0.3) is 0 Å². The van der Waals surface area contributed by atoms with Crippen LogP contribution in [0, 0.1) is 12.8 Å². The van der Waals surface area contributed by atoms with Crippen molar-refractivity contribution >= 4 is 17.3 Å². The highest BCUT2D eigenvalue weighted by atomic mass is 35.5. The van der Waals surface area contributed by atoms with E-state index in [2.05, 4.69) is 36.2 Å². The van der Waals surface area contributed by atoms with E-state index in [1.807, 2.05) is 6.07 Å². The van der Waals surface area contributed by atoms with Crippen LogP contribution in [-0.2, 0) is 0 Å². The van der Waals surface area contributed by atoms with Gasteiger partial charge in [-0.1, -0.05) is 17.7 Å². The van der Waals surface area contributed by atoms with Crippen molar-refractivity contribution in [1.82, 2.24) is 5.32 Å². The summed E-state index contributed by atoms with van der Waals surface area (Å²) in [6.45, 7) is 7.80. The maximum Gasteiger partial charge on any atom is 0.0639 e. The first kappa shape index (κ1) is 13.3. The first-order valence-corrected chi connectivity index (χ1v) is 7.72. The van der Waals surface area contributed by atoms with Gasteiger partial charge in [0, 0.05) is 18.6 Å². The first-order valence-electron chi connectivity index (χ1n) is 7.35. The Bertz CT molecular complexity index is 470. The molecule has 0 amide bonds. The van der Waals surface area contributed by atoms with Crippen molar-refractivity contribution in [3.63, 3.8) is 0 Å². The standard InChI is InChI=1S/C16H23ClN2/c1-12-4-7-14(17)15(10-12)19-9-3-8-18-16(2,11-19)13-5-6-13/h4,7,10,13,18H,3,5-6,8-9,11H2,1-2H3. The lowest BCUT2D eigenvalue weighted by Gasteiger charge is -2.35. The Kier molecular flexibility index (Phi) is 3.48. The summed E-state index contributed by atoms with van der Waals surface area (Å²) in [7, 11) is 0. The third-order valence-corrected chi connectivity index (χ3v) is 4.89. The van der Waals surface area contributed by atoms with Gasteiger partial charge in [0.25, 0.3) is 0 Å². The van der Waals surface area contributed by atoms with Gasteiger partial charge in [0.1, 0.15) is 0 Å². The molecule has 1 aliphatic heterocycles. The summed E-state index contributed by atoms with van der Waals surface area (Å²) >= 11 is 6.41. The number of anilines is 1. The normalized spacial score (nSPS) is 28.3. The average Bonchev–Trinajstić information content (AvgIpc) is 3.19. The summed E-state index contributed by atoms with van der Waals surface area (Å²) in [6, 6.07) is 6.34. The number of rotatable bonds is 2. The summed E-state index contributed by atoms with van der Waals surface area (Å²) in [6.07, 6.45) is 3.93. The van der Waals surface area contributed by atoms with Crippen LogP contribution in [-0.4, -0.2) is 25.2 Å². The van der Waals surface area contributed by atoms with E-state index >= 15 is 0 Å². The largest absolute Gasteiger partial charge is 0.368 e. The quantitative estimate of drug-likeness (QED) is 0.889. The van der Waals surface area contributed by atoms with Crippen LogP contribution in [0.5, 0.6) is 0 Å². The lowest BCUT2D eigenvalue weighted by Crippen LogP contribution is -2.51. The molecule has 1 N–H and O–H groups in total. The molecule has 2 nitrogen and oxygen atoms in total. The predicted octanol–water partition coefficient (Wildman–Crippen LogP) is 3.62. The highest BCUT2D eigenvalue weighted by molar-refractivity contribution is 6.33. The summed E-state index contributed by atoms with van der Waals surface area (Å²) in [5, 5.41) is 4.65. The number of nitrogens with zero attached hydrogens (tertiary/aromatic N) is 1. The zero-order valence-electron chi connectivity index (χ0n) is 11.9. The number of nitrogens with one attached hydrogen (secondary N) is 1. The summed E-state index contributed by atoms with van der Waals surface area (Å²) in [5.74, 6) is 0.844. The van der Waals surface area contributed by atoms with Gasteiger partial charge in [0.15, 0.2) is 0 Å². The Hall–Kier alpha value is -0.730. The van der Waals surface area contributed by atoms with Crippen molar-refractivity contribution in [2.45, 2.75) is 38.6 Å². The summed E-state index contributed by atoms with van der Waals surface area (Å²) in [4.78, 5) is 2.48. The fourth-order valence-corrected chi connectivity index (χ4v) is 3.48. The number of benzene rings is 1. The Labute approximate surface area is 121 Å². The summed E-state index contributed by atoms with van der Waals surface area (Å²) in [5.41, 5.74) is 2.74. The minimum atomic E-state index is 0.254. The van der Waals surface area contributed by atoms with E-state index in [4.69, 9.17) is 11.6 Å². The zero-order chi connectivity index (χ0) is 13.5. The minimum Gasteiger partial charge on any atom is -0.368 e. The third kappa shape index (κ3) is 2.75. The molecule has 1 aromatic rings. The van der Waals surface area contributed by atoms with Crippen molar-refractivity contribution in [3.05, 3.63) is 28.8 Å². The van der Waals surface area contributed by atoms with E-state index in [0.717, 1.165) is 30.6 Å². The number of hydrogen-bond acceptors (Lipinski definition) is 2. The molecule has 0 spiro atoms. The molecule has 0 bridgehead atoms. The molecule has 1 aliphatic carbocycles. The molecular formula is C16H23ClN2. The Morgan fingerprint density at radius 1 is 1.37 bits per heavy atom. The Morgan fingerprint density at radius 2 is 2.16 bits per heavy atom. The monoisotopic (exact) mass is 278 g/mol. The number of aryl methyl sites for hydroxylation is 1. The van der Waals surface area contributed by atoms with Crippen molar-refractivity contribution in [2.24, 2.45) is 5.92 Å². The van der Waals surface area contributed by atoms with E-state index < -0.39 is 0 Å². The van der Waals surface area contributed by atoms with E-state index in [9.17, 15) is 0 Å². The molecule has 1 saturated heterocycles. The predicted molar refractivity (Wildman–Crippen MR) is 82.2 cm³/mol. The Morgan fingerprint density at radius 3 is 2.89 bits per heavy atom. The first-order chi connectivity index (χ1) is 9.08. The maximum atomic E-state index is 6.41. The van der Waals surface area contributed by atoms with E-state index in [-0.39, 0.29) is 5.54 Å². The molecular weight excluding hydrogens is 256 g/mol. The fourth-order valence-electron chi connectivity index (χ4n) is 3.24. The van der Waals surface area contributed by atoms with Crippen LogP contribution in [0.4, 0.5) is 5.69 Å². The van der Waals surface area contributed by atoms with E-state index in [0.29, 0.717) is 0 Å².